The number of hydrogen-bond donors (Lipinski definition) is 1. The monoisotopic (exact) mass is 390 g/mol. The molecule has 0 bridgehead atoms. The van der Waals surface area contributed by atoms with E-state index in [4.69, 9.17) is 0 Å². The van der Waals surface area contributed by atoms with Crippen molar-refractivity contribution in [2.45, 2.75) is 19.9 Å². The van der Waals surface area contributed by atoms with Crippen LogP contribution in [0.3, 0.4) is 0 Å². The lowest BCUT2D eigenvalue weighted by molar-refractivity contribution is 0.0946. The Labute approximate surface area is 170 Å². The Morgan fingerprint density at radius 3 is 2.38 bits per heavy atom. The summed E-state index contributed by atoms with van der Waals surface area (Å²) in [5.74, 6) is -0.269. The van der Waals surface area contributed by atoms with Crippen LogP contribution in [-0.4, -0.2) is 35.3 Å². The molecule has 1 amide bonds. The fourth-order valence-electron chi connectivity index (χ4n) is 3.11. The van der Waals surface area contributed by atoms with Crippen molar-refractivity contribution < 1.29 is 4.79 Å². The molecule has 0 aliphatic rings. The summed E-state index contributed by atoms with van der Waals surface area (Å²) in [6, 6.07) is 22.7. The molecule has 0 spiro atoms. The number of carbonyl (C=O) groups is 1. The maximum atomic E-state index is 12.4. The van der Waals surface area contributed by atoms with E-state index in [1.54, 1.807) is 0 Å². The minimum Gasteiger partial charge on any atom is -0.372 e. The van der Waals surface area contributed by atoms with Crippen molar-refractivity contribution in [1.82, 2.24) is 15.1 Å². The highest BCUT2D eigenvalue weighted by molar-refractivity contribution is 5.91. The second-order valence-electron chi connectivity index (χ2n) is 6.72. The van der Waals surface area contributed by atoms with E-state index >= 15 is 0 Å². The lowest BCUT2D eigenvalue weighted by Gasteiger charge is -2.23. The van der Waals surface area contributed by atoms with Crippen molar-refractivity contribution in [1.29, 1.82) is 0 Å². The SMILES string of the molecule is CCN(CCCNC(=O)c1ccc(=O)n(Cc2ccccc2)n1)c1ccccc1. The smallest absolute Gasteiger partial charge is 0.271 e. The maximum Gasteiger partial charge on any atom is 0.271 e. The van der Waals surface area contributed by atoms with Gasteiger partial charge in [0.2, 0.25) is 0 Å². The van der Waals surface area contributed by atoms with Gasteiger partial charge in [0, 0.05) is 31.4 Å². The number of para-hydroxylation sites is 1. The Balaban J connectivity index is 1.54. The van der Waals surface area contributed by atoms with Crippen LogP contribution < -0.4 is 15.8 Å². The van der Waals surface area contributed by atoms with Gasteiger partial charge in [-0.2, -0.15) is 5.10 Å². The van der Waals surface area contributed by atoms with Crippen LogP contribution in [0, 0.1) is 0 Å². The normalized spacial score (nSPS) is 10.5. The van der Waals surface area contributed by atoms with Crippen molar-refractivity contribution in [2.24, 2.45) is 0 Å². The molecule has 1 heterocycles. The predicted molar refractivity (Wildman–Crippen MR) is 115 cm³/mol. The summed E-state index contributed by atoms with van der Waals surface area (Å²) < 4.78 is 1.32. The van der Waals surface area contributed by atoms with Crippen LogP contribution >= 0.6 is 0 Å². The van der Waals surface area contributed by atoms with E-state index in [-0.39, 0.29) is 17.2 Å². The first kappa shape index (κ1) is 20.3. The molecule has 0 aliphatic carbocycles. The van der Waals surface area contributed by atoms with Gasteiger partial charge in [0.05, 0.1) is 6.54 Å². The Morgan fingerprint density at radius 2 is 1.69 bits per heavy atom. The number of aromatic nitrogens is 2. The van der Waals surface area contributed by atoms with Gasteiger partial charge in [-0.05, 0) is 37.1 Å². The maximum absolute atomic E-state index is 12.4. The first-order valence-corrected chi connectivity index (χ1v) is 9.87. The molecule has 0 saturated heterocycles. The molecule has 6 heteroatoms. The Bertz CT molecular complexity index is 971. The molecule has 0 unspecified atom stereocenters. The summed E-state index contributed by atoms with van der Waals surface area (Å²) in [4.78, 5) is 26.8. The van der Waals surface area contributed by atoms with Crippen molar-refractivity contribution in [3.63, 3.8) is 0 Å². The van der Waals surface area contributed by atoms with Gasteiger partial charge < -0.3 is 10.2 Å². The highest BCUT2D eigenvalue weighted by Gasteiger charge is 2.10. The number of nitrogens with one attached hydrogen (secondary N) is 1. The van der Waals surface area contributed by atoms with E-state index < -0.39 is 0 Å². The van der Waals surface area contributed by atoms with E-state index in [2.05, 4.69) is 34.4 Å². The van der Waals surface area contributed by atoms with Crippen molar-refractivity contribution in [2.75, 3.05) is 24.5 Å². The largest absolute Gasteiger partial charge is 0.372 e. The number of nitrogens with zero attached hydrogens (tertiary/aromatic N) is 3. The highest BCUT2D eigenvalue weighted by Crippen LogP contribution is 2.12. The number of amides is 1. The van der Waals surface area contributed by atoms with Crippen molar-refractivity contribution in [3.8, 4) is 0 Å². The number of anilines is 1. The molecule has 0 saturated carbocycles. The third kappa shape index (κ3) is 5.78. The zero-order valence-corrected chi connectivity index (χ0v) is 16.6. The molecule has 1 N–H and O–H groups in total. The number of benzene rings is 2. The van der Waals surface area contributed by atoms with Gasteiger partial charge in [-0.25, -0.2) is 4.68 Å². The lowest BCUT2D eigenvalue weighted by Crippen LogP contribution is -2.32. The summed E-state index contributed by atoms with van der Waals surface area (Å²) >= 11 is 0. The number of rotatable bonds is 9. The predicted octanol–water partition coefficient (Wildman–Crippen LogP) is 2.94. The van der Waals surface area contributed by atoms with Crippen LogP contribution in [0.1, 0.15) is 29.4 Å². The molecule has 3 rings (SSSR count). The van der Waals surface area contributed by atoms with Gasteiger partial charge in [-0.3, -0.25) is 9.59 Å². The van der Waals surface area contributed by atoms with Crippen LogP contribution in [0.15, 0.2) is 77.6 Å². The fourth-order valence-corrected chi connectivity index (χ4v) is 3.11. The zero-order valence-electron chi connectivity index (χ0n) is 16.6. The first-order chi connectivity index (χ1) is 14.2. The summed E-state index contributed by atoms with van der Waals surface area (Å²) in [6.07, 6.45) is 0.818. The molecular weight excluding hydrogens is 364 g/mol. The van der Waals surface area contributed by atoms with Gasteiger partial charge in [-0.1, -0.05) is 48.5 Å². The van der Waals surface area contributed by atoms with E-state index in [9.17, 15) is 9.59 Å². The van der Waals surface area contributed by atoms with Crippen molar-refractivity contribution >= 4 is 11.6 Å². The molecule has 0 radical (unpaired) electrons. The molecule has 3 aromatic rings. The Morgan fingerprint density at radius 1 is 1.00 bits per heavy atom. The third-order valence-electron chi connectivity index (χ3n) is 4.67. The molecule has 0 aliphatic heterocycles. The summed E-state index contributed by atoms with van der Waals surface area (Å²) in [5, 5.41) is 7.12. The van der Waals surface area contributed by atoms with Gasteiger partial charge in [0.15, 0.2) is 0 Å². The average Bonchev–Trinajstić information content (AvgIpc) is 2.76. The minimum absolute atomic E-state index is 0.230. The van der Waals surface area contributed by atoms with Crippen LogP contribution in [-0.2, 0) is 6.54 Å². The number of carbonyl (C=O) groups excluding carboxylic acids is 1. The van der Waals surface area contributed by atoms with E-state index in [0.717, 1.165) is 25.1 Å². The van der Waals surface area contributed by atoms with Gasteiger partial charge in [0.1, 0.15) is 5.69 Å². The minimum atomic E-state index is -0.269. The molecule has 0 fully saturated rings. The summed E-state index contributed by atoms with van der Waals surface area (Å²) in [7, 11) is 0. The second kappa shape index (κ2) is 10.2. The molecular formula is C23H26N4O2. The standard InChI is InChI=1S/C23H26N4O2/c1-2-26(20-12-7-4-8-13-20)17-9-16-24-23(29)21-14-15-22(28)27(25-21)18-19-10-5-3-6-11-19/h3-8,10-15H,2,9,16-18H2,1H3,(H,24,29). The summed E-state index contributed by atoms with van der Waals surface area (Å²) in [6.45, 7) is 4.75. The molecule has 150 valence electrons. The lowest BCUT2D eigenvalue weighted by atomic mass is 10.2. The highest BCUT2D eigenvalue weighted by atomic mass is 16.2. The van der Waals surface area contributed by atoms with Crippen LogP contribution in [0.25, 0.3) is 0 Å². The van der Waals surface area contributed by atoms with Gasteiger partial charge in [-0.15, -0.1) is 0 Å². The molecule has 6 nitrogen and oxygen atoms in total. The first-order valence-electron chi connectivity index (χ1n) is 9.87. The van der Waals surface area contributed by atoms with Gasteiger partial charge >= 0.3 is 0 Å². The van der Waals surface area contributed by atoms with Gasteiger partial charge in [0.25, 0.3) is 11.5 Å². The average molecular weight is 390 g/mol. The molecule has 29 heavy (non-hydrogen) atoms. The number of hydrogen-bond acceptors (Lipinski definition) is 4. The molecule has 0 atom stereocenters. The van der Waals surface area contributed by atoms with E-state index in [1.165, 1.54) is 22.5 Å². The molecule has 1 aromatic heterocycles. The van der Waals surface area contributed by atoms with Crippen LogP contribution in [0.5, 0.6) is 0 Å². The quantitative estimate of drug-likeness (QED) is 0.571. The van der Waals surface area contributed by atoms with Crippen molar-refractivity contribution in [3.05, 3.63) is 94.4 Å². The Hall–Kier alpha value is -3.41. The fraction of sp³-hybridized carbons (Fsp3) is 0.261. The Kier molecular flexibility index (Phi) is 7.16. The molecule has 2 aromatic carbocycles. The van der Waals surface area contributed by atoms with Crippen LogP contribution in [0.4, 0.5) is 5.69 Å². The summed E-state index contributed by atoms with van der Waals surface area (Å²) in [5.41, 5.74) is 2.15. The topological polar surface area (TPSA) is 67.2 Å². The second-order valence-corrected chi connectivity index (χ2v) is 6.72. The zero-order chi connectivity index (χ0) is 20.5. The van der Waals surface area contributed by atoms with Crippen LogP contribution in [0.2, 0.25) is 0 Å². The third-order valence-corrected chi connectivity index (χ3v) is 4.67. The van der Waals surface area contributed by atoms with E-state index in [1.807, 2.05) is 48.5 Å². The van der Waals surface area contributed by atoms with E-state index in [0.29, 0.717) is 13.1 Å².